The van der Waals surface area contributed by atoms with E-state index in [1.165, 1.54) is 0 Å². The predicted molar refractivity (Wildman–Crippen MR) is 56.9 cm³/mol. The lowest BCUT2D eigenvalue weighted by molar-refractivity contribution is -0.141. The first kappa shape index (κ1) is 14.0. The molecular formula is C11H11F2NO4. The number of carbonyl (C=O) groups is 2. The number of amides is 1. The largest absolute Gasteiger partial charge is 0.480 e. The van der Waals surface area contributed by atoms with Crippen LogP contribution in [0.3, 0.4) is 0 Å². The maximum Gasteiger partial charge on any atom is 0.328 e. The van der Waals surface area contributed by atoms with E-state index in [1.807, 2.05) is 5.32 Å². The molecule has 0 aliphatic rings. The summed E-state index contributed by atoms with van der Waals surface area (Å²) >= 11 is 0. The van der Waals surface area contributed by atoms with Crippen LogP contribution in [-0.4, -0.2) is 34.2 Å². The van der Waals surface area contributed by atoms with E-state index in [1.54, 1.807) is 0 Å². The van der Waals surface area contributed by atoms with Crippen molar-refractivity contribution in [1.82, 2.24) is 5.32 Å². The molecule has 0 radical (unpaired) electrons. The molecule has 1 aromatic rings. The molecule has 3 N–H and O–H groups in total. The summed E-state index contributed by atoms with van der Waals surface area (Å²) in [6.07, 6.45) is -1.40. The van der Waals surface area contributed by atoms with Crippen LogP contribution in [0.1, 0.15) is 17.3 Å². The van der Waals surface area contributed by atoms with Crippen molar-refractivity contribution in [2.75, 3.05) is 0 Å². The number of halogens is 2. The minimum Gasteiger partial charge on any atom is -0.480 e. The summed E-state index contributed by atoms with van der Waals surface area (Å²) in [6.45, 7) is 1.14. The Morgan fingerprint density at radius 3 is 2.17 bits per heavy atom. The van der Waals surface area contributed by atoms with Gasteiger partial charge in [0.15, 0.2) is 6.04 Å². The van der Waals surface area contributed by atoms with E-state index in [-0.39, 0.29) is 0 Å². The van der Waals surface area contributed by atoms with Crippen LogP contribution in [0.25, 0.3) is 0 Å². The summed E-state index contributed by atoms with van der Waals surface area (Å²) in [7, 11) is 0. The molecule has 0 unspecified atom stereocenters. The van der Waals surface area contributed by atoms with Gasteiger partial charge in [-0.15, -0.1) is 0 Å². The van der Waals surface area contributed by atoms with Crippen LogP contribution in [0.15, 0.2) is 18.2 Å². The van der Waals surface area contributed by atoms with E-state index in [0.29, 0.717) is 0 Å². The predicted octanol–water partition coefficient (Wildman–Crippen LogP) is 0.529. The Balaban J connectivity index is 2.98. The molecule has 1 aromatic carbocycles. The zero-order valence-electron chi connectivity index (χ0n) is 9.35. The average Bonchev–Trinajstić information content (AvgIpc) is 2.24. The first-order valence-corrected chi connectivity index (χ1v) is 5.00. The number of carboxylic acids is 1. The minimum absolute atomic E-state index is 0.871. The van der Waals surface area contributed by atoms with Gasteiger partial charge in [-0.3, -0.25) is 4.79 Å². The molecule has 2 atom stereocenters. The van der Waals surface area contributed by atoms with E-state index in [0.717, 1.165) is 25.1 Å². The maximum atomic E-state index is 13.2. The Hall–Kier alpha value is -2.02. The van der Waals surface area contributed by atoms with Crippen molar-refractivity contribution in [1.29, 1.82) is 0 Å². The van der Waals surface area contributed by atoms with Crippen LogP contribution in [0.4, 0.5) is 8.78 Å². The molecule has 0 bridgehead atoms. The Kier molecular flexibility index (Phi) is 4.33. The van der Waals surface area contributed by atoms with Crippen molar-refractivity contribution < 1.29 is 28.6 Å². The van der Waals surface area contributed by atoms with Gasteiger partial charge < -0.3 is 15.5 Å². The summed E-state index contributed by atoms with van der Waals surface area (Å²) in [5, 5.41) is 19.7. The van der Waals surface area contributed by atoms with Gasteiger partial charge in [0.25, 0.3) is 5.91 Å². The van der Waals surface area contributed by atoms with Crippen LogP contribution in [-0.2, 0) is 4.79 Å². The van der Waals surface area contributed by atoms with Gasteiger partial charge >= 0.3 is 5.97 Å². The molecule has 1 rings (SSSR count). The lowest BCUT2D eigenvalue weighted by Crippen LogP contribution is -2.48. The number of aliphatic carboxylic acids is 1. The van der Waals surface area contributed by atoms with E-state index in [9.17, 15) is 18.4 Å². The highest BCUT2D eigenvalue weighted by Gasteiger charge is 2.27. The third-order valence-electron chi connectivity index (χ3n) is 2.22. The summed E-state index contributed by atoms with van der Waals surface area (Å²) in [4.78, 5) is 22.3. The number of aliphatic hydroxyl groups is 1. The summed E-state index contributed by atoms with van der Waals surface area (Å²) in [5.41, 5.74) is -0.885. The normalized spacial score (nSPS) is 13.8. The quantitative estimate of drug-likeness (QED) is 0.736. The second-order valence-corrected chi connectivity index (χ2v) is 3.63. The standard InChI is InChI=1S/C11H11F2NO4/c1-5(15)9(11(17)18)14-10(16)8-6(12)3-2-4-7(8)13/h2-5,9,15H,1H3,(H,14,16)(H,17,18)/t5-,9+/m1/s1. The smallest absolute Gasteiger partial charge is 0.328 e. The van der Waals surface area contributed by atoms with Gasteiger partial charge in [0.2, 0.25) is 0 Å². The Labute approximate surface area is 101 Å². The van der Waals surface area contributed by atoms with Gasteiger partial charge in [-0.05, 0) is 19.1 Å². The van der Waals surface area contributed by atoms with Crippen LogP contribution in [0.2, 0.25) is 0 Å². The molecule has 0 aromatic heterocycles. The second-order valence-electron chi connectivity index (χ2n) is 3.63. The molecule has 0 saturated carbocycles. The SMILES string of the molecule is C[C@@H](O)[C@H](NC(=O)c1c(F)cccc1F)C(=O)O. The number of hydrogen-bond donors (Lipinski definition) is 3. The molecule has 0 aliphatic heterocycles. The van der Waals surface area contributed by atoms with E-state index in [2.05, 4.69) is 0 Å². The van der Waals surface area contributed by atoms with Crippen LogP contribution in [0, 0.1) is 11.6 Å². The molecule has 98 valence electrons. The molecule has 0 aliphatic carbocycles. The van der Waals surface area contributed by atoms with Gasteiger partial charge in [-0.1, -0.05) is 6.07 Å². The first-order chi connectivity index (χ1) is 8.34. The fourth-order valence-corrected chi connectivity index (χ4v) is 1.32. The molecule has 18 heavy (non-hydrogen) atoms. The lowest BCUT2D eigenvalue weighted by atomic mass is 10.1. The molecule has 1 amide bonds. The van der Waals surface area contributed by atoms with Crippen molar-refractivity contribution in [2.24, 2.45) is 0 Å². The van der Waals surface area contributed by atoms with Crippen LogP contribution >= 0.6 is 0 Å². The summed E-state index contributed by atoms with van der Waals surface area (Å²) in [5.74, 6) is -4.96. The Morgan fingerprint density at radius 2 is 1.78 bits per heavy atom. The Bertz CT molecular complexity index is 456. The summed E-state index contributed by atoms with van der Waals surface area (Å²) < 4.78 is 26.5. The summed E-state index contributed by atoms with van der Waals surface area (Å²) in [6, 6.07) is 1.17. The number of carbonyl (C=O) groups excluding carboxylic acids is 1. The third-order valence-corrected chi connectivity index (χ3v) is 2.22. The highest BCUT2D eigenvalue weighted by atomic mass is 19.1. The highest BCUT2D eigenvalue weighted by Crippen LogP contribution is 2.12. The lowest BCUT2D eigenvalue weighted by Gasteiger charge is -2.17. The molecule has 5 nitrogen and oxygen atoms in total. The fourth-order valence-electron chi connectivity index (χ4n) is 1.32. The van der Waals surface area contributed by atoms with Crippen LogP contribution in [0.5, 0.6) is 0 Å². The zero-order valence-corrected chi connectivity index (χ0v) is 9.35. The monoisotopic (exact) mass is 259 g/mol. The van der Waals surface area contributed by atoms with Crippen molar-refractivity contribution in [3.05, 3.63) is 35.4 Å². The van der Waals surface area contributed by atoms with E-state index < -0.39 is 41.2 Å². The van der Waals surface area contributed by atoms with Gasteiger partial charge in [0.05, 0.1) is 6.10 Å². The molecule has 0 heterocycles. The van der Waals surface area contributed by atoms with Crippen molar-refractivity contribution in [3.63, 3.8) is 0 Å². The van der Waals surface area contributed by atoms with Crippen LogP contribution < -0.4 is 5.32 Å². The van der Waals surface area contributed by atoms with Crippen molar-refractivity contribution in [2.45, 2.75) is 19.1 Å². The highest BCUT2D eigenvalue weighted by molar-refractivity contribution is 5.97. The topological polar surface area (TPSA) is 86.6 Å². The molecule has 0 saturated heterocycles. The van der Waals surface area contributed by atoms with Crippen molar-refractivity contribution in [3.8, 4) is 0 Å². The molecule has 0 fully saturated rings. The van der Waals surface area contributed by atoms with Crippen molar-refractivity contribution >= 4 is 11.9 Å². The van der Waals surface area contributed by atoms with Gasteiger partial charge in [-0.25, -0.2) is 13.6 Å². The third kappa shape index (κ3) is 3.01. The number of carboxylic acid groups (broad SMARTS) is 1. The van der Waals surface area contributed by atoms with Gasteiger partial charge in [0, 0.05) is 0 Å². The Morgan fingerprint density at radius 1 is 1.28 bits per heavy atom. The molecular weight excluding hydrogens is 248 g/mol. The molecule has 0 spiro atoms. The van der Waals surface area contributed by atoms with Gasteiger partial charge in [0.1, 0.15) is 17.2 Å². The number of nitrogens with one attached hydrogen (secondary N) is 1. The maximum absolute atomic E-state index is 13.2. The fraction of sp³-hybridized carbons (Fsp3) is 0.273. The van der Waals surface area contributed by atoms with E-state index in [4.69, 9.17) is 10.2 Å². The number of hydrogen-bond acceptors (Lipinski definition) is 3. The minimum atomic E-state index is -1.64. The van der Waals surface area contributed by atoms with E-state index >= 15 is 0 Å². The first-order valence-electron chi connectivity index (χ1n) is 5.00. The molecule has 7 heteroatoms. The second kappa shape index (κ2) is 5.54. The number of benzene rings is 1. The number of aliphatic hydroxyl groups excluding tert-OH is 1. The zero-order chi connectivity index (χ0) is 13.9. The number of rotatable bonds is 4. The van der Waals surface area contributed by atoms with Gasteiger partial charge in [-0.2, -0.15) is 0 Å². The average molecular weight is 259 g/mol.